The van der Waals surface area contributed by atoms with Crippen LogP contribution in [-0.4, -0.2) is 16.8 Å². The van der Waals surface area contributed by atoms with Crippen LogP contribution in [0.5, 0.6) is 0 Å². The van der Waals surface area contributed by atoms with Crippen LogP contribution in [0, 0.1) is 5.92 Å². The summed E-state index contributed by atoms with van der Waals surface area (Å²) in [6.45, 7) is 2.23. The smallest absolute Gasteiger partial charge is 0.286 e. The molecule has 2 heterocycles. The van der Waals surface area contributed by atoms with Gasteiger partial charge in [-0.1, -0.05) is 6.92 Å². The van der Waals surface area contributed by atoms with Gasteiger partial charge in [-0.15, -0.1) is 11.3 Å². The van der Waals surface area contributed by atoms with Gasteiger partial charge >= 0.3 is 0 Å². The van der Waals surface area contributed by atoms with Crippen molar-refractivity contribution in [3.05, 3.63) is 43.8 Å². The van der Waals surface area contributed by atoms with Gasteiger partial charge in [0, 0.05) is 15.5 Å². The van der Waals surface area contributed by atoms with Crippen LogP contribution in [0.15, 0.2) is 22.8 Å². The van der Waals surface area contributed by atoms with Crippen LogP contribution in [0.2, 0.25) is 0 Å². The molecule has 0 radical (unpaired) electrons. The van der Waals surface area contributed by atoms with Crippen molar-refractivity contribution in [2.45, 2.75) is 26.2 Å². The molecule has 0 fully saturated rings. The molecule has 7 heteroatoms. The average molecular weight is 382 g/mol. The van der Waals surface area contributed by atoms with E-state index >= 15 is 0 Å². The normalized spacial score (nSPS) is 16.9. The summed E-state index contributed by atoms with van der Waals surface area (Å²) in [7, 11) is 0. The van der Waals surface area contributed by atoms with E-state index in [-0.39, 0.29) is 11.8 Å². The second kappa shape index (κ2) is 6.26. The molecule has 1 aliphatic carbocycles. The molecule has 22 heavy (non-hydrogen) atoms. The van der Waals surface area contributed by atoms with Gasteiger partial charge in [-0.25, -0.2) is 0 Å². The Bertz CT molecular complexity index is 722. The van der Waals surface area contributed by atoms with E-state index in [4.69, 9.17) is 0 Å². The minimum atomic E-state index is -0.381. The first kappa shape index (κ1) is 15.3. The number of carbonyl (C=O) groups is 2. The highest BCUT2D eigenvalue weighted by atomic mass is 79.9. The van der Waals surface area contributed by atoms with Crippen LogP contribution < -0.4 is 10.9 Å². The number of aromatic amines is 1. The van der Waals surface area contributed by atoms with Crippen molar-refractivity contribution in [2.75, 3.05) is 0 Å². The highest BCUT2D eigenvalue weighted by Gasteiger charge is 2.21. The van der Waals surface area contributed by atoms with Gasteiger partial charge in [0.1, 0.15) is 5.69 Å². The Morgan fingerprint density at radius 2 is 2.09 bits per heavy atom. The number of nitrogens with one attached hydrogen (secondary N) is 3. The number of aryl methyl sites for hydroxylation is 1. The Morgan fingerprint density at radius 1 is 1.32 bits per heavy atom. The van der Waals surface area contributed by atoms with E-state index in [0.717, 1.165) is 17.3 Å². The largest absolute Gasteiger partial charge is 0.356 e. The number of rotatable bonds is 2. The molecule has 0 saturated heterocycles. The Labute approximate surface area is 140 Å². The lowest BCUT2D eigenvalue weighted by atomic mass is 9.90. The van der Waals surface area contributed by atoms with Crippen LogP contribution in [0.4, 0.5) is 0 Å². The second-order valence-electron chi connectivity index (χ2n) is 5.55. The van der Waals surface area contributed by atoms with E-state index < -0.39 is 0 Å². The standard InChI is InChI=1S/C15H16BrN3O2S/c1-8-2-3-12-9(4-8)5-13(22-12)15(21)19-18-14(20)11-6-10(16)7-17-11/h5-8,17H,2-4H2,1H3,(H,18,20)(H,19,21)/t8-/m0/s1. The van der Waals surface area contributed by atoms with E-state index in [9.17, 15) is 9.59 Å². The van der Waals surface area contributed by atoms with Gasteiger partial charge in [0.05, 0.1) is 4.88 Å². The minimum Gasteiger partial charge on any atom is -0.356 e. The molecule has 116 valence electrons. The molecule has 0 bridgehead atoms. The van der Waals surface area contributed by atoms with E-state index in [1.165, 1.54) is 28.2 Å². The first-order valence-corrected chi connectivity index (χ1v) is 8.70. The van der Waals surface area contributed by atoms with Gasteiger partial charge in [-0.05, 0) is 58.8 Å². The quantitative estimate of drug-likeness (QED) is 0.699. The third-order valence-electron chi connectivity index (χ3n) is 3.73. The van der Waals surface area contributed by atoms with Crippen LogP contribution in [0.25, 0.3) is 0 Å². The summed E-state index contributed by atoms with van der Waals surface area (Å²) in [5.74, 6) is 0.0176. The maximum Gasteiger partial charge on any atom is 0.286 e. The van der Waals surface area contributed by atoms with Crippen LogP contribution in [-0.2, 0) is 12.8 Å². The third kappa shape index (κ3) is 3.25. The zero-order chi connectivity index (χ0) is 15.7. The Balaban J connectivity index is 1.62. The molecule has 0 aromatic carbocycles. The van der Waals surface area contributed by atoms with Crippen molar-refractivity contribution in [3.8, 4) is 0 Å². The van der Waals surface area contributed by atoms with E-state index in [2.05, 4.69) is 38.7 Å². The number of carbonyl (C=O) groups excluding carboxylic acids is 2. The lowest BCUT2D eigenvalue weighted by Gasteiger charge is -2.16. The van der Waals surface area contributed by atoms with E-state index in [1.54, 1.807) is 12.3 Å². The fraction of sp³-hybridized carbons (Fsp3) is 0.333. The molecule has 3 N–H and O–H groups in total. The highest BCUT2D eigenvalue weighted by molar-refractivity contribution is 9.10. The summed E-state index contributed by atoms with van der Waals surface area (Å²) >= 11 is 4.78. The maximum absolute atomic E-state index is 12.2. The highest BCUT2D eigenvalue weighted by Crippen LogP contribution is 2.32. The first-order valence-electron chi connectivity index (χ1n) is 7.09. The topological polar surface area (TPSA) is 74.0 Å². The number of thiophene rings is 1. The van der Waals surface area contributed by atoms with E-state index in [0.29, 0.717) is 16.5 Å². The van der Waals surface area contributed by atoms with Crippen molar-refractivity contribution in [1.82, 2.24) is 15.8 Å². The monoisotopic (exact) mass is 381 g/mol. The van der Waals surface area contributed by atoms with Gasteiger partial charge in [-0.3, -0.25) is 20.4 Å². The van der Waals surface area contributed by atoms with Crippen molar-refractivity contribution in [3.63, 3.8) is 0 Å². The SMILES string of the molecule is C[C@H]1CCc2sc(C(=O)NNC(=O)c3cc(Br)c[nH]3)cc2C1. The molecule has 0 unspecified atom stereocenters. The molecule has 1 atom stereocenters. The molecule has 0 spiro atoms. The molecular formula is C15H16BrN3O2S. The predicted octanol–water partition coefficient (Wildman–Crippen LogP) is 3.04. The van der Waals surface area contributed by atoms with Gasteiger partial charge in [0.25, 0.3) is 11.8 Å². The molecule has 3 rings (SSSR count). The zero-order valence-electron chi connectivity index (χ0n) is 12.0. The molecule has 2 aromatic rings. The fourth-order valence-corrected chi connectivity index (χ4v) is 4.01. The summed E-state index contributed by atoms with van der Waals surface area (Å²) in [5, 5.41) is 0. The van der Waals surface area contributed by atoms with Crippen molar-refractivity contribution in [1.29, 1.82) is 0 Å². The van der Waals surface area contributed by atoms with Crippen LogP contribution in [0.1, 0.15) is 43.9 Å². The van der Waals surface area contributed by atoms with Gasteiger partial charge in [0.15, 0.2) is 0 Å². The summed E-state index contributed by atoms with van der Waals surface area (Å²) in [5.41, 5.74) is 6.53. The predicted molar refractivity (Wildman–Crippen MR) is 88.9 cm³/mol. The molecule has 1 aliphatic rings. The summed E-state index contributed by atoms with van der Waals surface area (Å²) in [6, 6.07) is 3.59. The lowest BCUT2D eigenvalue weighted by Crippen LogP contribution is -2.41. The van der Waals surface area contributed by atoms with E-state index in [1.807, 2.05) is 6.07 Å². The molecule has 2 amide bonds. The van der Waals surface area contributed by atoms with Crippen molar-refractivity contribution < 1.29 is 9.59 Å². The first-order chi connectivity index (χ1) is 10.5. The Hall–Kier alpha value is -1.60. The van der Waals surface area contributed by atoms with Gasteiger partial charge in [0.2, 0.25) is 0 Å². The number of halogens is 1. The van der Waals surface area contributed by atoms with Gasteiger partial charge < -0.3 is 4.98 Å². The summed E-state index contributed by atoms with van der Waals surface area (Å²) in [6.07, 6.45) is 4.90. The van der Waals surface area contributed by atoms with Crippen LogP contribution >= 0.6 is 27.3 Å². The second-order valence-corrected chi connectivity index (χ2v) is 7.60. The molecule has 0 aliphatic heterocycles. The number of hydrogen-bond donors (Lipinski definition) is 3. The third-order valence-corrected chi connectivity index (χ3v) is 5.43. The number of fused-ring (bicyclic) bond motifs is 1. The Kier molecular flexibility index (Phi) is 4.35. The maximum atomic E-state index is 12.2. The number of H-pyrrole nitrogens is 1. The number of hydrazine groups is 1. The fourth-order valence-electron chi connectivity index (χ4n) is 2.56. The van der Waals surface area contributed by atoms with Gasteiger partial charge in [-0.2, -0.15) is 0 Å². The average Bonchev–Trinajstić information content (AvgIpc) is 3.10. The Morgan fingerprint density at radius 3 is 2.82 bits per heavy atom. The summed E-state index contributed by atoms with van der Waals surface area (Å²) in [4.78, 5) is 28.8. The summed E-state index contributed by atoms with van der Waals surface area (Å²) < 4.78 is 0.782. The molecule has 0 saturated carbocycles. The van der Waals surface area contributed by atoms with Crippen LogP contribution in [0.3, 0.4) is 0 Å². The molecule has 5 nitrogen and oxygen atoms in total. The number of aromatic nitrogens is 1. The minimum absolute atomic E-state index is 0.272. The van der Waals surface area contributed by atoms with Crippen molar-refractivity contribution >= 4 is 39.1 Å². The number of amides is 2. The zero-order valence-corrected chi connectivity index (χ0v) is 14.4. The lowest BCUT2D eigenvalue weighted by molar-refractivity contribution is 0.0846. The van der Waals surface area contributed by atoms with Crippen molar-refractivity contribution in [2.24, 2.45) is 5.92 Å². The molecule has 2 aromatic heterocycles. The molecular weight excluding hydrogens is 366 g/mol. The number of hydrogen-bond acceptors (Lipinski definition) is 3.